The molecule has 0 atom stereocenters. The number of alkyl halides is 1. The van der Waals surface area contributed by atoms with Crippen molar-refractivity contribution in [2.24, 2.45) is 0 Å². The average Bonchev–Trinajstić information content (AvgIpc) is 2.82. The highest BCUT2D eigenvalue weighted by Crippen LogP contribution is 2.21. The zero-order chi connectivity index (χ0) is 11.2. The van der Waals surface area contributed by atoms with Crippen LogP contribution in [0.5, 0.6) is 5.75 Å². The van der Waals surface area contributed by atoms with Crippen LogP contribution in [0.3, 0.4) is 0 Å². The number of benzene rings is 1. The molecule has 0 saturated heterocycles. The van der Waals surface area contributed by atoms with Crippen LogP contribution < -0.4 is 4.74 Å². The fourth-order valence-electron chi connectivity index (χ4n) is 1.97. The third-order valence-electron chi connectivity index (χ3n) is 2.88. The van der Waals surface area contributed by atoms with Gasteiger partial charge in [-0.05, 0) is 30.5 Å². The summed E-state index contributed by atoms with van der Waals surface area (Å²) in [6, 6.07) is 7.80. The van der Waals surface area contributed by atoms with Gasteiger partial charge in [0.2, 0.25) is 0 Å². The van der Waals surface area contributed by atoms with Crippen LogP contribution >= 0.6 is 11.6 Å². The lowest BCUT2D eigenvalue weighted by Crippen LogP contribution is -2.12. The van der Waals surface area contributed by atoms with Gasteiger partial charge >= 0.3 is 0 Å². The Morgan fingerprint density at radius 2 is 2.06 bits per heavy atom. The molecule has 0 aliphatic heterocycles. The zero-order valence-corrected chi connectivity index (χ0v) is 10.1. The van der Waals surface area contributed by atoms with Gasteiger partial charge in [-0.15, -0.1) is 11.6 Å². The SMILES string of the molecule is ClCc1cccc(OCOC2CCCC2)c1. The number of hydrogen-bond acceptors (Lipinski definition) is 2. The highest BCUT2D eigenvalue weighted by atomic mass is 35.5. The number of halogens is 1. The third-order valence-corrected chi connectivity index (χ3v) is 3.19. The highest BCUT2D eigenvalue weighted by Gasteiger charge is 2.15. The van der Waals surface area contributed by atoms with Crippen LogP contribution in [-0.4, -0.2) is 12.9 Å². The molecule has 0 bridgehead atoms. The molecule has 1 aromatic rings. The molecule has 16 heavy (non-hydrogen) atoms. The van der Waals surface area contributed by atoms with Crippen molar-refractivity contribution in [3.63, 3.8) is 0 Å². The fraction of sp³-hybridized carbons (Fsp3) is 0.538. The van der Waals surface area contributed by atoms with Gasteiger partial charge in [-0.2, -0.15) is 0 Å². The van der Waals surface area contributed by atoms with Crippen LogP contribution in [0.15, 0.2) is 24.3 Å². The first-order valence-electron chi connectivity index (χ1n) is 5.78. The molecule has 1 aliphatic rings. The molecule has 0 amide bonds. The van der Waals surface area contributed by atoms with Crippen molar-refractivity contribution in [1.29, 1.82) is 0 Å². The van der Waals surface area contributed by atoms with Crippen molar-refractivity contribution in [1.82, 2.24) is 0 Å². The van der Waals surface area contributed by atoms with Crippen LogP contribution in [-0.2, 0) is 10.6 Å². The summed E-state index contributed by atoms with van der Waals surface area (Å²) in [5.41, 5.74) is 1.07. The van der Waals surface area contributed by atoms with Crippen LogP contribution in [0.1, 0.15) is 31.2 Å². The van der Waals surface area contributed by atoms with Crippen molar-refractivity contribution >= 4 is 11.6 Å². The second-order valence-corrected chi connectivity index (χ2v) is 4.38. The zero-order valence-electron chi connectivity index (χ0n) is 9.32. The van der Waals surface area contributed by atoms with Gasteiger partial charge < -0.3 is 9.47 Å². The van der Waals surface area contributed by atoms with Crippen LogP contribution in [0.4, 0.5) is 0 Å². The van der Waals surface area contributed by atoms with Crippen molar-refractivity contribution in [3.05, 3.63) is 29.8 Å². The molecule has 2 rings (SSSR count). The monoisotopic (exact) mass is 240 g/mol. The largest absolute Gasteiger partial charge is 0.468 e. The summed E-state index contributed by atoms with van der Waals surface area (Å²) in [4.78, 5) is 0. The van der Waals surface area contributed by atoms with E-state index in [1.807, 2.05) is 24.3 Å². The Morgan fingerprint density at radius 1 is 1.25 bits per heavy atom. The first-order chi connectivity index (χ1) is 7.88. The van der Waals surface area contributed by atoms with E-state index in [2.05, 4.69) is 0 Å². The summed E-state index contributed by atoms with van der Waals surface area (Å²) < 4.78 is 11.2. The van der Waals surface area contributed by atoms with Crippen LogP contribution in [0, 0.1) is 0 Å². The lowest BCUT2D eigenvalue weighted by molar-refractivity contribution is -0.0325. The molecule has 88 valence electrons. The van der Waals surface area contributed by atoms with Gasteiger partial charge in [-0.3, -0.25) is 0 Å². The first-order valence-corrected chi connectivity index (χ1v) is 6.31. The molecule has 0 N–H and O–H groups in total. The van der Waals surface area contributed by atoms with E-state index in [-0.39, 0.29) is 0 Å². The average molecular weight is 241 g/mol. The molecule has 2 nitrogen and oxygen atoms in total. The van der Waals surface area contributed by atoms with E-state index in [4.69, 9.17) is 21.1 Å². The maximum absolute atomic E-state index is 5.75. The maximum atomic E-state index is 5.75. The summed E-state index contributed by atoms with van der Waals surface area (Å²) in [7, 11) is 0. The molecule has 0 aromatic heterocycles. The minimum atomic E-state index is 0.344. The quantitative estimate of drug-likeness (QED) is 0.577. The fourth-order valence-corrected chi connectivity index (χ4v) is 2.14. The van der Waals surface area contributed by atoms with Crippen molar-refractivity contribution in [2.45, 2.75) is 37.7 Å². The van der Waals surface area contributed by atoms with E-state index in [9.17, 15) is 0 Å². The molecule has 3 heteroatoms. The molecule has 0 heterocycles. The Bertz CT molecular complexity index is 321. The second-order valence-electron chi connectivity index (χ2n) is 4.12. The smallest absolute Gasteiger partial charge is 0.189 e. The molecule has 1 saturated carbocycles. The predicted octanol–water partition coefficient (Wildman–Crippen LogP) is 3.72. The van der Waals surface area contributed by atoms with Crippen molar-refractivity contribution in [3.8, 4) is 5.75 Å². The molecule has 1 aromatic carbocycles. The van der Waals surface area contributed by atoms with Gasteiger partial charge in [0.25, 0.3) is 0 Å². The van der Waals surface area contributed by atoms with Crippen molar-refractivity contribution in [2.75, 3.05) is 6.79 Å². The minimum absolute atomic E-state index is 0.344. The Kier molecular flexibility index (Phi) is 4.49. The van der Waals surface area contributed by atoms with E-state index >= 15 is 0 Å². The van der Waals surface area contributed by atoms with Gasteiger partial charge in [0.05, 0.1) is 6.10 Å². The summed E-state index contributed by atoms with van der Waals surface area (Å²) in [6.45, 7) is 0.344. The summed E-state index contributed by atoms with van der Waals surface area (Å²) in [5.74, 6) is 1.34. The summed E-state index contributed by atoms with van der Waals surface area (Å²) in [6.07, 6.45) is 5.31. The van der Waals surface area contributed by atoms with Crippen LogP contribution in [0.2, 0.25) is 0 Å². The molecule has 1 aliphatic carbocycles. The molecule has 0 unspecified atom stereocenters. The topological polar surface area (TPSA) is 18.5 Å². The van der Waals surface area contributed by atoms with Gasteiger partial charge in [0.1, 0.15) is 5.75 Å². The van der Waals surface area contributed by atoms with Crippen LogP contribution in [0.25, 0.3) is 0 Å². The number of hydrogen-bond donors (Lipinski definition) is 0. The normalized spacial score (nSPS) is 16.6. The van der Waals surface area contributed by atoms with E-state index in [1.54, 1.807) is 0 Å². The summed E-state index contributed by atoms with van der Waals surface area (Å²) in [5, 5.41) is 0. The number of rotatable bonds is 5. The second kappa shape index (κ2) is 6.12. The maximum Gasteiger partial charge on any atom is 0.189 e. The van der Waals surface area contributed by atoms with Gasteiger partial charge in [0.15, 0.2) is 6.79 Å². The predicted molar refractivity (Wildman–Crippen MR) is 64.8 cm³/mol. The molecule has 1 fully saturated rings. The summed E-state index contributed by atoms with van der Waals surface area (Å²) >= 11 is 5.75. The van der Waals surface area contributed by atoms with Gasteiger partial charge in [-0.25, -0.2) is 0 Å². The molecule has 0 spiro atoms. The highest BCUT2D eigenvalue weighted by molar-refractivity contribution is 6.17. The van der Waals surface area contributed by atoms with E-state index in [0.29, 0.717) is 18.8 Å². The lowest BCUT2D eigenvalue weighted by Gasteiger charge is -2.12. The Labute approximate surface area is 102 Å². The van der Waals surface area contributed by atoms with Crippen molar-refractivity contribution < 1.29 is 9.47 Å². The van der Waals surface area contributed by atoms with Gasteiger partial charge in [0, 0.05) is 5.88 Å². The Morgan fingerprint density at radius 3 is 2.81 bits per heavy atom. The standard InChI is InChI=1S/C13H17ClO2/c14-9-11-4-3-7-13(8-11)16-10-15-12-5-1-2-6-12/h3-4,7-8,12H,1-2,5-6,9-10H2. The Hall–Kier alpha value is -0.730. The van der Waals surface area contributed by atoms with E-state index in [1.165, 1.54) is 25.7 Å². The van der Waals surface area contributed by atoms with E-state index in [0.717, 1.165) is 11.3 Å². The number of ether oxygens (including phenoxy) is 2. The minimum Gasteiger partial charge on any atom is -0.468 e. The third kappa shape index (κ3) is 3.39. The first kappa shape index (κ1) is 11.7. The van der Waals surface area contributed by atoms with E-state index < -0.39 is 0 Å². The molecular weight excluding hydrogens is 224 g/mol. The molecular formula is C13H17ClO2. The Balaban J connectivity index is 1.75. The van der Waals surface area contributed by atoms with Gasteiger partial charge in [-0.1, -0.05) is 25.0 Å². The lowest BCUT2D eigenvalue weighted by atomic mass is 10.2. The molecule has 0 radical (unpaired) electrons.